The second-order valence-electron chi connectivity index (χ2n) is 7.63. The van der Waals surface area contributed by atoms with E-state index in [0.717, 1.165) is 30.9 Å². The van der Waals surface area contributed by atoms with E-state index in [1.807, 2.05) is 5.38 Å². The van der Waals surface area contributed by atoms with Crippen LogP contribution in [0.3, 0.4) is 0 Å². The van der Waals surface area contributed by atoms with Crippen LogP contribution in [-0.4, -0.2) is 41.0 Å². The molecule has 31 heavy (non-hydrogen) atoms. The number of likely N-dealkylation sites (tertiary alicyclic amines) is 1. The second kappa shape index (κ2) is 9.98. The van der Waals surface area contributed by atoms with Crippen molar-refractivity contribution in [2.75, 3.05) is 20.2 Å². The fourth-order valence-corrected chi connectivity index (χ4v) is 4.79. The molecule has 2 atom stereocenters. The van der Waals surface area contributed by atoms with Crippen molar-refractivity contribution >= 4 is 17.2 Å². The molecule has 0 aliphatic carbocycles. The van der Waals surface area contributed by atoms with E-state index < -0.39 is 0 Å². The topological polar surface area (TPSA) is 67.3 Å². The maximum absolute atomic E-state index is 14.5. The van der Waals surface area contributed by atoms with Crippen molar-refractivity contribution in [1.82, 2.24) is 20.2 Å². The standard InChI is InChI=1S/C23H25FN4O2S/c1-30-18-8-7-16(19(24)13-18)14-28-11-4-5-17(15-28)21(23-26-10-12-31-23)27-22(29)20-6-2-3-9-25-20/h2-3,6-10,12-13,17,21H,4-5,11,14-15H2,1H3,(H,27,29)/t17-,21+/m1/s1. The van der Waals surface area contributed by atoms with Gasteiger partial charge in [-0.3, -0.25) is 14.7 Å². The summed E-state index contributed by atoms with van der Waals surface area (Å²) in [5.74, 6) is 0.216. The minimum absolute atomic E-state index is 0.175. The van der Waals surface area contributed by atoms with Crippen LogP contribution in [0.5, 0.6) is 5.75 Å². The number of ether oxygens (including phenoxy) is 1. The number of thiazole rings is 1. The van der Waals surface area contributed by atoms with Gasteiger partial charge in [0, 0.05) is 42.5 Å². The molecular formula is C23H25FN4O2S. The summed E-state index contributed by atoms with van der Waals surface area (Å²) in [4.78, 5) is 23.7. The highest BCUT2D eigenvalue weighted by atomic mass is 32.1. The highest BCUT2D eigenvalue weighted by Crippen LogP contribution is 2.32. The van der Waals surface area contributed by atoms with Crippen LogP contribution in [0.1, 0.15) is 39.9 Å². The molecule has 6 nitrogen and oxygen atoms in total. The van der Waals surface area contributed by atoms with E-state index in [1.54, 1.807) is 42.7 Å². The van der Waals surface area contributed by atoms with Gasteiger partial charge in [-0.2, -0.15) is 0 Å². The lowest BCUT2D eigenvalue weighted by molar-refractivity contribution is 0.0872. The first-order valence-corrected chi connectivity index (χ1v) is 11.2. The molecule has 2 aromatic heterocycles. The van der Waals surface area contributed by atoms with E-state index in [9.17, 15) is 9.18 Å². The van der Waals surface area contributed by atoms with Gasteiger partial charge in [-0.1, -0.05) is 12.1 Å². The number of hydrogen-bond donors (Lipinski definition) is 1. The minimum atomic E-state index is -0.263. The van der Waals surface area contributed by atoms with E-state index in [2.05, 4.69) is 20.2 Å². The van der Waals surface area contributed by atoms with Crippen molar-refractivity contribution in [2.24, 2.45) is 5.92 Å². The van der Waals surface area contributed by atoms with E-state index in [-0.39, 0.29) is 23.7 Å². The fourth-order valence-electron chi connectivity index (χ4n) is 4.01. The number of nitrogens with one attached hydrogen (secondary N) is 1. The van der Waals surface area contributed by atoms with Gasteiger partial charge in [-0.15, -0.1) is 11.3 Å². The van der Waals surface area contributed by atoms with Crippen LogP contribution in [0.25, 0.3) is 0 Å². The molecule has 0 bridgehead atoms. The number of halogens is 1. The third-order valence-electron chi connectivity index (χ3n) is 5.57. The normalized spacial score (nSPS) is 17.8. The second-order valence-corrected chi connectivity index (χ2v) is 8.56. The summed E-state index contributed by atoms with van der Waals surface area (Å²) in [6.45, 7) is 2.16. The molecule has 1 saturated heterocycles. The third kappa shape index (κ3) is 5.26. The van der Waals surface area contributed by atoms with Crippen molar-refractivity contribution in [3.8, 4) is 5.75 Å². The summed E-state index contributed by atoms with van der Waals surface area (Å²) in [7, 11) is 1.53. The monoisotopic (exact) mass is 440 g/mol. The fraction of sp³-hybridized carbons (Fsp3) is 0.348. The van der Waals surface area contributed by atoms with Crippen LogP contribution in [0.4, 0.5) is 4.39 Å². The van der Waals surface area contributed by atoms with Crippen molar-refractivity contribution in [3.05, 3.63) is 76.3 Å². The maximum Gasteiger partial charge on any atom is 0.270 e. The number of methoxy groups -OCH3 is 1. The molecule has 8 heteroatoms. The Hall–Kier alpha value is -2.84. The molecule has 3 heterocycles. The summed E-state index contributed by atoms with van der Waals surface area (Å²) < 4.78 is 19.6. The first-order valence-electron chi connectivity index (χ1n) is 10.3. The van der Waals surface area contributed by atoms with Gasteiger partial charge < -0.3 is 10.1 Å². The van der Waals surface area contributed by atoms with Crippen LogP contribution >= 0.6 is 11.3 Å². The highest BCUT2D eigenvalue weighted by molar-refractivity contribution is 7.09. The molecule has 1 fully saturated rings. The van der Waals surface area contributed by atoms with Crippen LogP contribution in [0.15, 0.2) is 54.2 Å². The van der Waals surface area contributed by atoms with Crippen LogP contribution < -0.4 is 10.1 Å². The van der Waals surface area contributed by atoms with Crippen molar-refractivity contribution in [3.63, 3.8) is 0 Å². The number of aromatic nitrogens is 2. The molecule has 0 radical (unpaired) electrons. The smallest absolute Gasteiger partial charge is 0.270 e. The third-order valence-corrected chi connectivity index (χ3v) is 6.43. The Bertz CT molecular complexity index is 1000. The van der Waals surface area contributed by atoms with Crippen LogP contribution in [-0.2, 0) is 6.54 Å². The lowest BCUT2D eigenvalue weighted by Gasteiger charge is -2.36. The van der Waals surface area contributed by atoms with Gasteiger partial charge in [0.1, 0.15) is 22.3 Å². The van der Waals surface area contributed by atoms with Gasteiger partial charge in [0.2, 0.25) is 0 Å². The molecular weight excluding hydrogens is 415 g/mol. The zero-order valence-corrected chi connectivity index (χ0v) is 18.1. The quantitative estimate of drug-likeness (QED) is 0.600. The molecule has 0 saturated carbocycles. The van der Waals surface area contributed by atoms with Gasteiger partial charge in [0.25, 0.3) is 5.91 Å². The Morgan fingerprint density at radius 3 is 2.94 bits per heavy atom. The summed E-state index contributed by atoms with van der Waals surface area (Å²) in [5, 5.41) is 5.95. The predicted octanol–water partition coefficient (Wildman–Crippen LogP) is 4.07. The summed E-state index contributed by atoms with van der Waals surface area (Å²) in [6, 6.07) is 10.1. The van der Waals surface area contributed by atoms with E-state index in [0.29, 0.717) is 23.6 Å². The van der Waals surface area contributed by atoms with E-state index in [1.165, 1.54) is 24.5 Å². The number of carbonyl (C=O) groups excluding carboxylic acids is 1. The zero-order valence-electron chi connectivity index (χ0n) is 17.3. The summed E-state index contributed by atoms with van der Waals surface area (Å²) >= 11 is 1.53. The van der Waals surface area contributed by atoms with Crippen LogP contribution in [0.2, 0.25) is 0 Å². The lowest BCUT2D eigenvalue weighted by atomic mass is 9.90. The molecule has 0 unspecified atom stereocenters. The molecule has 1 aliphatic rings. The van der Waals surface area contributed by atoms with Crippen molar-refractivity contribution < 1.29 is 13.9 Å². The predicted molar refractivity (Wildman–Crippen MR) is 118 cm³/mol. The highest BCUT2D eigenvalue weighted by Gasteiger charge is 2.31. The minimum Gasteiger partial charge on any atom is -0.497 e. The first-order chi connectivity index (χ1) is 15.1. The number of carbonyl (C=O) groups is 1. The van der Waals surface area contributed by atoms with Gasteiger partial charge in [0.05, 0.1) is 13.2 Å². The summed E-state index contributed by atoms with van der Waals surface area (Å²) in [5.41, 5.74) is 1.03. The number of hydrogen-bond acceptors (Lipinski definition) is 6. The van der Waals surface area contributed by atoms with E-state index >= 15 is 0 Å². The largest absolute Gasteiger partial charge is 0.497 e. The molecule has 4 rings (SSSR count). The number of nitrogens with zero attached hydrogens (tertiary/aromatic N) is 3. The molecule has 1 N–H and O–H groups in total. The Morgan fingerprint density at radius 1 is 1.32 bits per heavy atom. The Morgan fingerprint density at radius 2 is 2.23 bits per heavy atom. The Labute approximate surface area is 185 Å². The average Bonchev–Trinajstić information content (AvgIpc) is 3.34. The van der Waals surface area contributed by atoms with Gasteiger partial charge in [0.15, 0.2) is 0 Å². The van der Waals surface area contributed by atoms with Gasteiger partial charge in [-0.05, 0) is 43.5 Å². The van der Waals surface area contributed by atoms with Crippen molar-refractivity contribution in [2.45, 2.75) is 25.4 Å². The van der Waals surface area contributed by atoms with Gasteiger partial charge >= 0.3 is 0 Å². The molecule has 1 aliphatic heterocycles. The average molecular weight is 441 g/mol. The number of amides is 1. The number of pyridine rings is 1. The zero-order chi connectivity index (χ0) is 21.6. The maximum atomic E-state index is 14.5. The Balaban J connectivity index is 1.49. The number of benzene rings is 1. The number of rotatable bonds is 7. The molecule has 1 amide bonds. The summed E-state index contributed by atoms with van der Waals surface area (Å²) in [6.07, 6.45) is 5.31. The van der Waals surface area contributed by atoms with Crippen LogP contribution in [0, 0.1) is 11.7 Å². The number of piperidine rings is 1. The first kappa shape index (κ1) is 21.4. The van der Waals surface area contributed by atoms with Crippen molar-refractivity contribution in [1.29, 1.82) is 0 Å². The van der Waals surface area contributed by atoms with Gasteiger partial charge in [-0.25, -0.2) is 9.37 Å². The lowest BCUT2D eigenvalue weighted by Crippen LogP contribution is -2.43. The molecule has 162 valence electrons. The Kier molecular flexibility index (Phi) is 6.89. The SMILES string of the molecule is COc1ccc(CN2CCC[C@@H]([C@H](NC(=O)c3ccccn3)c3nccs3)C2)c(F)c1. The molecule has 1 aromatic carbocycles. The molecule has 0 spiro atoms. The molecule has 3 aromatic rings. The van der Waals surface area contributed by atoms with E-state index in [4.69, 9.17) is 4.74 Å².